The van der Waals surface area contributed by atoms with Crippen molar-refractivity contribution in [2.24, 2.45) is 16.5 Å². The second-order valence-electron chi connectivity index (χ2n) is 12.4. The molecule has 8 N–H and O–H groups in total. The molecule has 3 aromatic carbocycles. The SMILES string of the molecule is COC(=O)[C@H](Cc1cc2ccccc2[nH]1)OC[C@H](CCCN=C(N)N)NC(=O)[C@@H](Cc1ccccc1)OC[C@H](Cc1ccc(O)cc1)NC(C)=O. The number of methoxy groups -OCH3 is 1. The van der Waals surface area contributed by atoms with Crippen LogP contribution in [0.1, 0.15) is 36.6 Å². The highest BCUT2D eigenvalue weighted by atomic mass is 16.6. The number of rotatable bonds is 20. The molecule has 0 bridgehead atoms. The Bertz CT molecular complexity index is 1690. The van der Waals surface area contributed by atoms with Crippen LogP contribution >= 0.6 is 0 Å². The number of aromatic amines is 1. The lowest BCUT2D eigenvalue weighted by molar-refractivity contribution is -0.154. The maximum absolute atomic E-state index is 14.0. The van der Waals surface area contributed by atoms with Crippen molar-refractivity contribution in [3.05, 3.63) is 102 Å². The van der Waals surface area contributed by atoms with E-state index in [1.165, 1.54) is 14.0 Å². The molecular formula is C38H48N6O7. The van der Waals surface area contributed by atoms with Gasteiger partial charge in [-0.05, 0) is 60.0 Å². The number of benzene rings is 3. The van der Waals surface area contributed by atoms with Crippen LogP contribution in [0, 0.1) is 0 Å². The number of nitrogens with zero attached hydrogens (tertiary/aromatic N) is 1. The van der Waals surface area contributed by atoms with Crippen molar-refractivity contribution in [2.75, 3.05) is 26.9 Å². The lowest BCUT2D eigenvalue weighted by atomic mass is 10.0. The van der Waals surface area contributed by atoms with Crippen molar-refractivity contribution in [2.45, 2.75) is 63.3 Å². The van der Waals surface area contributed by atoms with Crippen LogP contribution in [-0.4, -0.2) is 85.0 Å². The van der Waals surface area contributed by atoms with Crippen LogP contribution in [-0.2, 0) is 47.9 Å². The molecule has 1 aromatic heterocycles. The molecule has 1 heterocycles. The van der Waals surface area contributed by atoms with Crippen LogP contribution in [0.2, 0.25) is 0 Å². The first-order valence-electron chi connectivity index (χ1n) is 16.9. The summed E-state index contributed by atoms with van der Waals surface area (Å²) < 4.78 is 17.5. The first-order chi connectivity index (χ1) is 24.6. The Morgan fingerprint density at radius 2 is 1.49 bits per heavy atom. The number of nitrogens with one attached hydrogen (secondary N) is 3. The largest absolute Gasteiger partial charge is 0.508 e. The second-order valence-corrected chi connectivity index (χ2v) is 12.4. The Kier molecular flexibility index (Phi) is 14.8. The number of fused-ring (bicyclic) bond motifs is 1. The molecule has 51 heavy (non-hydrogen) atoms. The maximum Gasteiger partial charge on any atom is 0.335 e. The maximum atomic E-state index is 14.0. The van der Waals surface area contributed by atoms with Crippen LogP contribution < -0.4 is 22.1 Å². The van der Waals surface area contributed by atoms with Gasteiger partial charge < -0.3 is 46.4 Å². The van der Waals surface area contributed by atoms with Gasteiger partial charge in [-0.1, -0.05) is 60.7 Å². The Morgan fingerprint density at radius 1 is 0.824 bits per heavy atom. The molecule has 0 aliphatic heterocycles. The van der Waals surface area contributed by atoms with E-state index in [9.17, 15) is 19.5 Å². The number of ether oxygens (including phenoxy) is 3. The Labute approximate surface area is 297 Å². The molecule has 0 saturated heterocycles. The molecule has 0 saturated carbocycles. The lowest BCUT2D eigenvalue weighted by Gasteiger charge is -2.26. The summed E-state index contributed by atoms with van der Waals surface area (Å²) >= 11 is 0. The molecule has 4 atom stereocenters. The summed E-state index contributed by atoms with van der Waals surface area (Å²) in [5.41, 5.74) is 14.5. The van der Waals surface area contributed by atoms with E-state index in [1.807, 2.05) is 60.7 Å². The van der Waals surface area contributed by atoms with Gasteiger partial charge in [0.15, 0.2) is 12.1 Å². The molecule has 13 heteroatoms. The third-order valence-corrected chi connectivity index (χ3v) is 8.19. The highest BCUT2D eigenvalue weighted by Crippen LogP contribution is 2.18. The minimum Gasteiger partial charge on any atom is -0.508 e. The number of phenolic OH excluding ortho intramolecular Hbond substituents is 1. The van der Waals surface area contributed by atoms with Gasteiger partial charge in [0.25, 0.3) is 0 Å². The van der Waals surface area contributed by atoms with Crippen LogP contribution in [0.4, 0.5) is 0 Å². The Morgan fingerprint density at radius 3 is 2.18 bits per heavy atom. The van der Waals surface area contributed by atoms with E-state index in [4.69, 9.17) is 25.7 Å². The molecule has 13 nitrogen and oxygen atoms in total. The molecule has 0 aliphatic carbocycles. The molecule has 0 fully saturated rings. The number of nitrogens with two attached hydrogens (primary N) is 2. The summed E-state index contributed by atoms with van der Waals surface area (Å²) in [6.07, 6.45) is 0.0365. The Hall–Kier alpha value is -5.40. The number of esters is 1. The molecule has 4 rings (SSSR count). The molecule has 272 valence electrons. The van der Waals surface area contributed by atoms with Crippen molar-refractivity contribution in [1.29, 1.82) is 0 Å². The predicted molar refractivity (Wildman–Crippen MR) is 195 cm³/mol. The number of hydrogen-bond acceptors (Lipinski definition) is 8. The quantitative estimate of drug-likeness (QED) is 0.0347. The molecule has 0 radical (unpaired) electrons. The normalized spacial score (nSPS) is 13.5. The van der Waals surface area contributed by atoms with Crippen LogP contribution in [0.5, 0.6) is 5.75 Å². The number of amides is 2. The highest BCUT2D eigenvalue weighted by molar-refractivity contribution is 5.82. The van der Waals surface area contributed by atoms with E-state index in [0.717, 1.165) is 27.7 Å². The lowest BCUT2D eigenvalue weighted by Crippen LogP contribution is -2.48. The van der Waals surface area contributed by atoms with E-state index in [0.29, 0.717) is 25.8 Å². The van der Waals surface area contributed by atoms with Crippen LogP contribution in [0.3, 0.4) is 0 Å². The zero-order valence-electron chi connectivity index (χ0n) is 29.0. The highest BCUT2D eigenvalue weighted by Gasteiger charge is 2.27. The number of carbonyl (C=O) groups excluding carboxylic acids is 3. The number of aromatic nitrogens is 1. The summed E-state index contributed by atoms with van der Waals surface area (Å²) in [7, 11) is 1.31. The number of guanidine groups is 1. The van der Waals surface area contributed by atoms with Crippen molar-refractivity contribution in [3.8, 4) is 5.75 Å². The minimum atomic E-state index is -0.935. The second kappa shape index (κ2) is 19.7. The van der Waals surface area contributed by atoms with Crippen molar-refractivity contribution < 1.29 is 33.7 Å². The number of phenols is 1. The van der Waals surface area contributed by atoms with Crippen molar-refractivity contribution >= 4 is 34.6 Å². The molecule has 0 unspecified atom stereocenters. The third-order valence-electron chi connectivity index (χ3n) is 8.19. The summed E-state index contributed by atoms with van der Waals surface area (Å²) in [5, 5.41) is 16.7. The summed E-state index contributed by atoms with van der Waals surface area (Å²) in [6.45, 7) is 1.81. The number of para-hydroxylation sites is 1. The fraction of sp³-hybridized carbons (Fsp3) is 0.368. The summed E-state index contributed by atoms with van der Waals surface area (Å²) in [6, 6.07) is 24.9. The summed E-state index contributed by atoms with van der Waals surface area (Å²) in [5.74, 6) is -1.06. The van der Waals surface area contributed by atoms with Gasteiger partial charge in [0.1, 0.15) is 11.9 Å². The monoisotopic (exact) mass is 700 g/mol. The molecule has 4 aromatic rings. The van der Waals surface area contributed by atoms with E-state index in [-0.39, 0.29) is 49.6 Å². The molecule has 0 spiro atoms. The van der Waals surface area contributed by atoms with E-state index in [2.05, 4.69) is 20.6 Å². The standard InChI is InChI=1S/C38H48N6O7/c1-25(45)42-31(19-27-14-16-32(46)17-15-27)24-50-34(20-26-9-4-3-5-10-26)36(47)44-29(12-8-18-41-38(39)40)23-51-35(37(48)49-2)22-30-21-28-11-6-7-13-33(28)43-30/h3-7,9-11,13-17,21,29,31,34-35,43,46H,8,12,18-20,22-24H2,1-2H3,(H,42,45)(H,44,47)(H4,39,40,41)/t29-,31-,34+,35-/m0/s1. The van der Waals surface area contributed by atoms with Gasteiger partial charge in [-0.2, -0.15) is 0 Å². The predicted octanol–water partition coefficient (Wildman–Crippen LogP) is 2.89. The topological polar surface area (TPSA) is 203 Å². The third kappa shape index (κ3) is 13.1. The zero-order chi connectivity index (χ0) is 36.6. The minimum absolute atomic E-state index is 0.000975. The van der Waals surface area contributed by atoms with Crippen molar-refractivity contribution in [3.63, 3.8) is 0 Å². The van der Waals surface area contributed by atoms with Gasteiger partial charge in [-0.3, -0.25) is 14.6 Å². The van der Waals surface area contributed by atoms with Gasteiger partial charge in [-0.15, -0.1) is 0 Å². The first-order valence-corrected chi connectivity index (χ1v) is 16.9. The number of hydrogen-bond donors (Lipinski definition) is 6. The smallest absolute Gasteiger partial charge is 0.335 e. The van der Waals surface area contributed by atoms with Crippen LogP contribution in [0.25, 0.3) is 10.9 Å². The van der Waals surface area contributed by atoms with Crippen molar-refractivity contribution in [1.82, 2.24) is 15.6 Å². The van der Waals surface area contributed by atoms with Gasteiger partial charge in [-0.25, -0.2) is 4.79 Å². The van der Waals surface area contributed by atoms with Gasteiger partial charge >= 0.3 is 5.97 Å². The Balaban J connectivity index is 1.49. The first kappa shape index (κ1) is 38.4. The van der Waals surface area contributed by atoms with Gasteiger partial charge in [0.2, 0.25) is 11.8 Å². The van der Waals surface area contributed by atoms with Crippen LogP contribution in [0.15, 0.2) is 89.9 Å². The fourth-order valence-electron chi connectivity index (χ4n) is 5.70. The van der Waals surface area contributed by atoms with Gasteiger partial charge in [0, 0.05) is 37.5 Å². The molecular weight excluding hydrogens is 652 g/mol. The average molecular weight is 701 g/mol. The van der Waals surface area contributed by atoms with E-state index in [1.54, 1.807) is 24.3 Å². The average Bonchev–Trinajstić information content (AvgIpc) is 3.53. The van der Waals surface area contributed by atoms with E-state index < -0.39 is 30.3 Å². The van der Waals surface area contributed by atoms with Gasteiger partial charge in [0.05, 0.1) is 32.4 Å². The number of carbonyl (C=O) groups is 3. The molecule has 2 amide bonds. The summed E-state index contributed by atoms with van der Waals surface area (Å²) in [4.78, 5) is 46.3. The molecule has 0 aliphatic rings. The number of H-pyrrole nitrogens is 1. The van der Waals surface area contributed by atoms with E-state index >= 15 is 0 Å². The number of aliphatic imine (C=N–C) groups is 1. The zero-order valence-corrected chi connectivity index (χ0v) is 29.0. The fourth-order valence-corrected chi connectivity index (χ4v) is 5.70. The number of aromatic hydroxyl groups is 1.